The van der Waals surface area contributed by atoms with Gasteiger partial charge in [0.2, 0.25) is 5.91 Å². The molecule has 2 aromatic rings. The summed E-state index contributed by atoms with van der Waals surface area (Å²) < 4.78 is 0. The first kappa shape index (κ1) is 20.9. The number of aryl methyl sites for hydroxylation is 1. The van der Waals surface area contributed by atoms with Crippen molar-refractivity contribution in [3.8, 4) is 0 Å². The van der Waals surface area contributed by atoms with Crippen LogP contribution in [0.5, 0.6) is 0 Å². The number of hydrogen-bond acceptors (Lipinski definition) is 4. The quantitative estimate of drug-likeness (QED) is 0.674. The van der Waals surface area contributed by atoms with Crippen molar-refractivity contribution in [3.05, 3.63) is 60.2 Å². The van der Waals surface area contributed by atoms with E-state index in [1.54, 1.807) is 0 Å². The first-order valence-corrected chi connectivity index (χ1v) is 10.9. The van der Waals surface area contributed by atoms with Crippen molar-refractivity contribution >= 4 is 29.2 Å². The normalized spacial score (nSPS) is 18.8. The largest absolute Gasteiger partial charge is 0.372 e. The Bertz CT molecular complexity index is 924. The number of anilines is 2. The van der Waals surface area contributed by atoms with Gasteiger partial charge in [-0.05, 0) is 61.9 Å². The van der Waals surface area contributed by atoms with Crippen LogP contribution in [0.4, 0.5) is 16.2 Å². The number of amides is 4. The third-order valence-electron chi connectivity index (χ3n) is 5.85. The molecule has 31 heavy (non-hydrogen) atoms. The molecule has 2 fully saturated rings. The fourth-order valence-corrected chi connectivity index (χ4v) is 4.13. The highest BCUT2D eigenvalue weighted by Gasteiger charge is 2.38. The smallest absolute Gasteiger partial charge is 0.325 e. The Morgan fingerprint density at radius 1 is 0.968 bits per heavy atom. The highest BCUT2D eigenvalue weighted by atomic mass is 16.2. The molecule has 2 aliphatic heterocycles. The lowest BCUT2D eigenvalue weighted by molar-refractivity contribution is -0.130. The standard InChI is InChI=1S/C24H28N4O3/c29-22(25-19-10-12-20(13-11-19)27-15-5-2-6-16-27)17-28-23(30)21(26-24(28)31)14-9-18-7-3-1-4-8-18/h1,3-4,7-8,10-13,21H,2,5-6,9,14-17H2,(H,25,29)(H,26,31)/t21-/m1/s1. The zero-order valence-corrected chi connectivity index (χ0v) is 17.5. The first-order chi connectivity index (χ1) is 15.1. The minimum atomic E-state index is -0.593. The molecular weight excluding hydrogens is 392 g/mol. The average molecular weight is 421 g/mol. The highest BCUT2D eigenvalue weighted by molar-refractivity contribution is 6.07. The summed E-state index contributed by atoms with van der Waals surface area (Å²) in [5.41, 5.74) is 2.90. The maximum absolute atomic E-state index is 12.6. The van der Waals surface area contributed by atoms with Gasteiger partial charge in [0.05, 0.1) is 0 Å². The van der Waals surface area contributed by atoms with Crippen LogP contribution in [0.1, 0.15) is 31.2 Å². The topological polar surface area (TPSA) is 81.8 Å². The number of piperidine rings is 1. The van der Waals surface area contributed by atoms with Crippen LogP contribution in [0, 0.1) is 0 Å². The van der Waals surface area contributed by atoms with E-state index in [2.05, 4.69) is 15.5 Å². The van der Waals surface area contributed by atoms with E-state index in [1.165, 1.54) is 19.3 Å². The maximum Gasteiger partial charge on any atom is 0.325 e. The van der Waals surface area contributed by atoms with Gasteiger partial charge in [0.25, 0.3) is 5.91 Å². The van der Waals surface area contributed by atoms with Gasteiger partial charge in [0.15, 0.2) is 0 Å². The van der Waals surface area contributed by atoms with Crippen molar-refractivity contribution < 1.29 is 14.4 Å². The zero-order valence-electron chi connectivity index (χ0n) is 17.5. The second-order valence-corrected chi connectivity index (χ2v) is 8.09. The minimum absolute atomic E-state index is 0.291. The number of urea groups is 1. The fourth-order valence-electron chi connectivity index (χ4n) is 4.13. The fraction of sp³-hybridized carbons (Fsp3) is 0.375. The molecule has 162 valence electrons. The molecular formula is C24H28N4O3. The number of hydrogen-bond donors (Lipinski definition) is 2. The SMILES string of the molecule is O=C(CN1C(=O)N[C@H](CCc2ccccc2)C1=O)Nc1ccc(N2CCCCC2)cc1. The lowest BCUT2D eigenvalue weighted by atomic mass is 10.1. The van der Waals surface area contributed by atoms with E-state index in [-0.39, 0.29) is 12.5 Å². The average Bonchev–Trinajstić information content (AvgIpc) is 3.07. The van der Waals surface area contributed by atoms with Gasteiger partial charge in [0.1, 0.15) is 12.6 Å². The molecule has 0 radical (unpaired) electrons. The zero-order chi connectivity index (χ0) is 21.6. The Balaban J connectivity index is 1.28. The molecule has 0 bridgehead atoms. The van der Waals surface area contributed by atoms with Crippen molar-refractivity contribution in [2.24, 2.45) is 0 Å². The van der Waals surface area contributed by atoms with Crippen molar-refractivity contribution in [3.63, 3.8) is 0 Å². The molecule has 1 atom stereocenters. The molecule has 0 spiro atoms. The summed E-state index contributed by atoms with van der Waals surface area (Å²) in [6.45, 7) is 1.83. The van der Waals surface area contributed by atoms with Gasteiger partial charge in [0, 0.05) is 24.5 Å². The first-order valence-electron chi connectivity index (χ1n) is 10.9. The third-order valence-corrected chi connectivity index (χ3v) is 5.85. The van der Waals surface area contributed by atoms with Gasteiger partial charge < -0.3 is 15.5 Å². The lowest BCUT2D eigenvalue weighted by Crippen LogP contribution is -2.38. The number of carbonyl (C=O) groups is 3. The minimum Gasteiger partial charge on any atom is -0.372 e. The summed E-state index contributed by atoms with van der Waals surface area (Å²) in [5, 5.41) is 5.47. The number of carbonyl (C=O) groups excluding carboxylic acids is 3. The van der Waals surface area contributed by atoms with Crippen LogP contribution in [-0.4, -0.2) is 48.4 Å². The number of rotatable bonds is 7. The number of nitrogens with zero attached hydrogens (tertiary/aromatic N) is 2. The predicted molar refractivity (Wildman–Crippen MR) is 120 cm³/mol. The van der Waals surface area contributed by atoms with Gasteiger partial charge in [-0.25, -0.2) is 4.79 Å². The van der Waals surface area contributed by atoms with Crippen LogP contribution in [-0.2, 0) is 16.0 Å². The number of imide groups is 1. The Morgan fingerprint density at radius 2 is 1.68 bits per heavy atom. The molecule has 0 saturated carbocycles. The van der Waals surface area contributed by atoms with E-state index in [9.17, 15) is 14.4 Å². The van der Waals surface area contributed by atoms with Crippen LogP contribution in [0.2, 0.25) is 0 Å². The molecule has 2 N–H and O–H groups in total. The Labute approximate surface area is 182 Å². The summed E-state index contributed by atoms with van der Waals surface area (Å²) >= 11 is 0. The molecule has 7 nitrogen and oxygen atoms in total. The van der Waals surface area contributed by atoms with Crippen molar-refractivity contribution in [2.75, 3.05) is 29.9 Å². The molecule has 2 aliphatic rings. The van der Waals surface area contributed by atoms with Crippen LogP contribution >= 0.6 is 0 Å². The number of nitrogens with one attached hydrogen (secondary N) is 2. The Morgan fingerprint density at radius 3 is 2.39 bits per heavy atom. The van der Waals surface area contributed by atoms with Gasteiger partial charge >= 0.3 is 6.03 Å². The summed E-state index contributed by atoms with van der Waals surface area (Å²) in [6, 6.07) is 16.4. The molecule has 2 heterocycles. The van der Waals surface area contributed by atoms with E-state index < -0.39 is 18.0 Å². The monoisotopic (exact) mass is 420 g/mol. The summed E-state index contributed by atoms with van der Waals surface area (Å²) in [5.74, 6) is -0.741. The van der Waals surface area contributed by atoms with E-state index in [0.717, 1.165) is 29.2 Å². The lowest BCUT2D eigenvalue weighted by Gasteiger charge is -2.28. The van der Waals surface area contributed by atoms with E-state index in [4.69, 9.17) is 0 Å². The van der Waals surface area contributed by atoms with Crippen LogP contribution in [0.15, 0.2) is 54.6 Å². The third kappa shape index (κ3) is 5.23. The maximum atomic E-state index is 12.6. The summed E-state index contributed by atoms with van der Waals surface area (Å²) in [7, 11) is 0. The van der Waals surface area contributed by atoms with Gasteiger partial charge in [-0.3, -0.25) is 14.5 Å². The molecule has 4 amide bonds. The molecule has 0 aliphatic carbocycles. The van der Waals surface area contributed by atoms with Crippen LogP contribution < -0.4 is 15.5 Å². The van der Waals surface area contributed by atoms with E-state index in [1.807, 2.05) is 54.6 Å². The molecule has 7 heteroatoms. The molecule has 4 rings (SSSR count). The second kappa shape index (κ2) is 9.64. The van der Waals surface area contributed by atoms with Crippen LogP contribution in [0.25, 0.3) is 0 Å². The van der Waals surface area contributed by atoms with Crippen molar-refractivity contribution in [2.45, 2.75) is 38.1 Å². The Hall–Kier alpha value is -3.35. The summed E-state index contributed by atoms with van der Waals surface area (Å²) in [6.07, 6.45) is 4.87. The second-order valence-electron chi connectivity index (χ2n) is 8.09. The van der Waals surface area contributed by atoms with Gasteiger partial charge in [-0.2, -0.15) is 0 Å². The molecule has 2 saturated heterocycles. The Kier molecular flexibility index (Phi) is 6.50. The summed E-state index contributed by atoms with van der Waals surface area (Å²) in [4.78, 5) is 40.6. The van der Waals surface area contributed by atoms with E-state index in [0.29, 0.717) is 18.5 Å². The number of benzene rings is 2. The van der Waals surface area contributed by atoms with Gasteiger partial charge in [-0.1, -0.05) is 30.3 Å². The molecule has 0 aromatic heterocycles. The van der Waals surface area contributed by atoms with Crippen molar-refractivity contribution in [1.29, 1.82) is 0 Å². The molecule has 0 unspecified atom stereocenters. The predicted octanol–water partition coefficient (Wildman–Crippen LogP) is 3.17. The van der Waals surface area contributed by atoms with Crippen LogP contribution in [0.3, 0.4) is 0 Å². The highest BCUT2D eigenvalue weighted by Crippen LogP contribution is 2.22. The van der Waals surface area contributed by atoms with E-state index >= 15 is 0 Å². The van der Waals surface area contributed by atoms with Crippen molar-refractivity contribution in [1.82, 2.24) is 10.2 Å². The molecule has 2 aromatic carbocycles. The van der Waals surface area contributed by atoms with Gasteiger partial charge in [-0.15, -0.1) is 0 Å².